The van der Waals surface area contributed by atoms with Crippen molar-refractivity contribution in [1.29, 1.82) is 0 Å². The first-order valence-corrected chi connectivity index (χ1v) is 12.1. The maximum Gasteiger partial charge on any atom is 0.188 e. The van der Waals surface area contributed by atoms with Gasteiger partial charge in [0, 0.05) is 35.9 Å². The second kappa shape index (κ2) is 6.78. The van der Waals surface area contributed by atoms with Crippen LogP contribution in [0.3, 0.4) is 0 Å². The molecule has 2 saturated heterocycles. The number of aromatic nitrogens is 6. The number of hydrogen-bond acceptors (Lipinski definition) is 9. The largest absolute Gasteiger partial charge is 0.348 e. The third kappa shape index (κ3) is 3.33. The highest BCUT2D eigenvalue weighted by atomic mass is 32.1. The van der Waals surface area contributed by atoms with Crippen molar-refractivity contribution in [2.75, 3.05) is 11.9 Å². The molecule has 31 heavy (non-hydrogen) atoms. The summed E-state index contributed by atoms with van der Waals surface area (Å²) < 4.78 is 0. The van der Waals surface area contributed by atoms with Crippen molar-refractivity contribution in [3.8, 4) is 22.0 Å². The van der Waals surface area contributed by atoms with E-state index in [0.29, 0.717) is 6.04 Å². The average molecular weight is 453 g/mol. The Bertz CT molecular complexity index is 1180. The topological polar surface area (TPSA) is 95.5 Å². The molecule has 10 heteroatoms. The number of rotatable bonds is 4. The van der Waals surface area contributed by atoms with E-state index in [4.69, 9.17) is 9.97 Å². The summed E-state index contributed by atoms with van der Waals surface area (Å²) in [5.41, 5.74) is 2.97. The molecule has 6 heterocycles. The number of anilines is 1. The molecule has 2 aliphatic rings. The van der Waals surface area contributed by atoms with Crippen LogP contribution in [0.2, 0.25) is 0 Å². The molecule has 2 bridgehead atoms. The Balaban J connectivity index is 1.23. The molecule has 3 atom stereocenters. The van der Waals surface area contributed by atoms with Gasteiger partial charge in [0.25, 0.3) is 0 Å². The Morgan fingerprint density at radius 3 is 2.32 bits per heavy atom. The monoisotopic (exact) mass is 452 g/mol. The van der Waals surface area contributed by atoms with E-state index < -0.39 is 0 Å². The van der Waals surface area contributed by atoms with E-state index in [2.05, 4.69) is 51.3 Å². The van der Waals surface area contributed by atoms with Gasteiger partial charge in [0.1, 0.15) is 10.7 Å². The van der Waals surface area contributed by atoms with Crippen LogP contribution in [-0.4, -0.2) is 54.3 Å². The van der Waals surface area contributed by atoms with Crippen molar-refractivity contribution in [2.45, 2.75) is 56.7 Å². The summed E-state index contributed by atoms with van der Waals surface area (Å²) in [5.74, 6) is 0. The van der Waals surface area contributed by atoms with E-state index in [1.165, 1.54) is 12.8 Å². The van der Waals surface area contributed by atoms with E-state index in [1.807, 2.05) is 0 Å². The smallest absolute Gasteiger partial charge is 0.188 e. The van der Waals surface area contributed by atoms with Crippen molar-refractivity contribution in [3.05, 3.63) is 24.8 Å². The fourth-order valence-electron chi connectivity index (χ4n) is 5.12. The molecular weight excluding hydrogens is 428 g/mol. The highest BCUT2D eigenvalue weighted by molar-refractivity contribution is 7.29. The van der Waals surface area contributed by atoms with Crippen molar-refractivity contribution in [3.63, 3.8) is 0 Å². The van der Waals surface area contributed by atoms with E-state index in [0.717, 1.165) is 49.6 Å². The van der Waals surface area contributed by atoms with Crippen LogP contribution in [0.4, 0.5) is 5.13 Å². The van der Waals surface area contributed by atoms with Crippen LogP contribution in [0.5, 0.6) is 0 Å². The normalized spacial score (nSPS) is 27.8. The van der Waals surface area contributed by atoms with E-state index >= 15 is 0 Å². The van der Waals surface area contributed by atoms with Crippen molar-refractivity contribution in [1.82, 2.24) is 35.5 Å². The first-order chi connectivity index (χ1) is 14.9. The molecule has 2 fully saturated rings. The molecule has 2 N–H and O–H groups in total. The molecule has 6 rings (SSSR count). The maximum absolute atomic E-state index is 4.93. The van der Waals surface area contributed by atoms with E-state index in [-0.39, 0.29) is 11.1 Å². The number of piperidine rings is 1. The summed E-state index contributed by atoms with van der Waals surface area (Å²) >= 11 is 3.25. The number of thiazole rings is 2. The molecule has 0 saturated carbocycles. The molecule has 2 aliphatic heterocycles. The SMILES string of the molecule is CN(c1nc2sc(-c3cnc(-c4cn[nH]c4)cn3)nc2s1)[C@H]1C[C@]2(C)CC[C@](C)(C1)N2. The Hall–Kier alpha value is -2.43. The predicted molar refractivity (Wildman–Crippen MR) is 125 cm³/mol. The van der Waals surface area contributed by atoms with Gasteiger partial charge in [-0.2, -0.15) is 5.10 Å². The lowest BCUT2D eigenvalue weighted by molar-refractivity contribution is 0.208. The molecule has 0 aromatic carbocycles. The molecule has 0 amide bonds. The van der Waals surface area contributed by atoms with Crippen LogP contribution in [0.15, 0.2) is 24.8 Å². The van der Waals surface area contributed by atoms with Gasteiger partial charge in [-0.25, -0.2) is 15.0 Å². The minimum Gasteiger partial charge on any atom is -0.348 e. The average Bonchev–Trinajstić information content (AvgIpc) is 3.50. The van der Waals surface area contributed by atoms with E-state index in [1.54, 1.807) is 47.5 Å². The van der Waals surface area contributed by atoms with Crippen LogP contribution >= 0.6 is 22.7 Å². The molecular formula is C21H24N8S2. The molecule has 0 spiro atoms. The minimum atomic E-state index is 0.243. The van der Waals surface area contributed by atoms with Gasteiger partial charge in [-0.1, -0.05) is 22.7 Å². The molecule has 0 unspecified atom stereocenters. The summed E-state index contributed by atoms with van der Waals surface area (Å²) in [4.78, 5) is 23.1. The van der Waals surface area contributed by atoms with Crippen LogP contribution in [0.25, 0.3) is 31.6 Å². The lowest BCUT2D eigenvalue weighted by Crippen LogP contribution is -2.58. The number of fused-ring (bicyclic) bond motifs is 3. The number of hydrogen-bond donors (Lipinski definition) is 2. The summed E-state index contributed by atoms with van der Waals surface area (Å²) in [6, 6.07) is 0.500. The lowest BCUT2D eigenvalue weighted by Gasteiger charge is -2.45. The summed E-state index contributed by atoms with van der Waals surface area (Å²) in [6.07, 6.45) is 11.9. The summed E-state index contributed by atoms with van der Waals surface area (Å²) in [6.45, 7) is 4.73. The zero-order chi connectivity index (χ0) is 21.2. The number of nitrogens with zero attached hydrogens (tertiary/aromatic N) is 6. The fraction of sp³-hybridized carbons (Fsp3) is 0.476. The molecule has 160 valence electrons. The fourth-order valence-corrected chi connectivity index (χ4v) is 7.16. The zero-order valence-electron chi connectivity index (χ0n) is 17.7. The van der Waals surface area contributed by atoms with E-state index in [9.17, 15) is 0 Å². The van der Waals surface area contributed by atoms with Crippen LogP contribution in [-0.2, 0) is 0 Å². The second-order valence-corrected chi connectivity index (χ2v) is 11.3. The number of H-pyrrole nitrogens is 1. The molecule has 4 aromatic rings. The maximum atomic E-state index is 4.93. The van der Waals surface area contributed by atoms with Crippen LogP contribution in [0.1, 0.15) is 39.5 Å². The van der Waals surface area contributed by atoms with Gasteiger partial charge in [-0.15, -0.1) is 0 Å². The number of nitrogens with one attached hydrogen (secondary N) is 2. The van der Waals surface area contributed by atoms with Gasteiger partial charge in [-0.05, 0) is 39.5 Å². The van der Waals surface area contributed by atoms with Gasteiger partial charge >= 0.3 is 0 Å². The minimum absolute atomic E-state index is 0.243. The second-order valence-electron chi connectivity index (χ2n) is 9.32. The Labute approximate surface area is 188 Å². The van der Waals surface area contributed by atoms with Crippen LogP contribution < -0.4 is 10.2 Å². The van der Waals surface area contributed by atoms with Crippen molar-refractivity contribution >= 4 is 37.5 Å². The molecule has 0 radical (unpaired) electrons. The van der Waals surface area contributed by atoms with Crippen molar-refractivity contribution < 1.29 is 0 Å². The molecule has 8 nitrogen and oxygen atoms in total. The lowest BCUT2D eigenvalue weighted by atomic mass is 9.84. The number of aromatic amines is 1. The third-order valence-corrected chi connectivity index (χ3v) is 8.82. The van der Waals surface area contributed by atoms with Gasteiger partial charge in [0.05, 0.1) is 24.3 Å². The highest BCUT2D eigenvalue weighted by Crippen LogP contribution is 2.45. The quantitative estimate of drug-likeness (QED) is 0.481. The first-order valence-electron chi connectivity index (χ1n) is 10.5. The van der Waals surface area contributed by atoms with Gasteiger partial charge < -0.3 is 10.2 Å². The Morgan fingerprint density at radius 1 is 0.968 bits per heavy atom. The van der Waals surface area contributed by atoms with Gasteiger partial charge in [0.15, 0.2) is 14.8 Å². The van der Waals surface area contributed by atoms with Crippen molar-refractivity contribution in [2.24, 2.45) is 0 Å². The first kappa shape index (κ1) is 19.3. The van der Waals surface area contributed by atoms with Crippen LogP contribution in [0, 0.1) is 0 Å². The summed E-state index contributed by atoms with van der Waals surface area (Å²) in [7, 11) is 2.19. The predicted octanol–water partition coefficient (Wildman–Crippen LogP) is 4.10. The molecule has 0 aliphatic carbocycles. The zero-order valence-corrected chi connectivity index (χ0v) is 19.3. The standard InChI is InChI=1S/C21H24N8S2/c1-20-4-5-21(2,28-20)7-13(6-20)29(3)19-27-18-17(31-19)26-16(30-18)15-11-22-14(10-23-15)12-8-24-25-9-12/h8-11,13,28H,4-7H2,1-3H3,(H,24,25)/t13-,20-,21+. The summed E-state index contributed by atoms with van der Waals surface area (Å²) in [5, 5.41) is 12.5. The van der Waals surface area contributed by atoms with Gasteiger partial charge in [-0.3, -0.25) is 10.1 Å². The third-order valence-electron chi connectivity index (χ3n) is 6.68. The highest BCUT2D eigenvalue weighted by Gasteiger charge is 2.49. The van der Waals surface area contributed by atoms with Gasteiger partial charge in [0.2, 0.25) is 0 Å². The Morgan fingerprint density at radius 2 is 1.68 bits per heavy atom. The Kier molecular flexibility index (Phi) is 4.22. The molecule has 4 aromatic heterocycles.